The van der Waals surface area contributed by atoms with Crippen molar-refractivity contribution < 1.29 is 4.79 Å². The summed E-state index contributed by atoms with van der Waals surface area (Å²) in [6.07, 6.45) is 3.71. The molecule has 88 valence electrons. The number of hydrogen-bond donors (Lipinski definition) is 2. The third-order valence-electron chi connectivity index (χ3n) is 3.33. The summed E-state index contributed by atoms with van der Waals surface area (Å²) in [5.74, 6) is 1.36. The number of amides is 1. The van der Waals surface area contributed by atoms with E-state index in [1.165, 1.54) is 19.3 Å². The van der Waals surface area contributed by atoms with Crippen LogP contribution < -0.4 is 11.1 Å². The van der Waals surface area contributed by atoms with Crippen molar-refractivity contribution in [2.45, 2.75) is 40.0 Å². The molecule has 15 heavy (non-hydrogen) atoms. The number of carbonyl (C=O) groups excluding carboxylic acids is 1. The fraction of sp³-hybridized carbons (Fsp3) is 0.917. The Bertz CT molecular complexity index is 220. The highest BCUT2D eigenvalue weighted by molar-refractivity contribution is 5.81. The molecule has 3 nitrogen and oxygen atoms in total. The zero-order valence-corrected chi connectivity index (χ0v) is 10.2. The van der Waals surface area contributed by atoms with Crippen molar-refractivity contribution in [3.05, 3.63) is 0 Å². The van der Waals surface area contributed by atoms with Gasteiger partial charge in [-0.05, 0) is 31.2 Å². The quantitative estimate of drug-likeness (QED) is 0.745. The molecule has 1 aliphatic rings. The molecule has 1 saturated carbocycles. The predicted octanol–water partition coefficient (Wildman–Crippen LogP) is 1.52. The molecule has 0 aromatic carbocycles. The Morgan fingerprint density at radius 3 is 2.47 bits per heavy atom. The second-order valence-electron chi connectivity index (χ2n) is 5.65. The number of carbonyl (C=O) groups is 1. The van der Waals surface area contributed by atoms with Crippen molar-refractivity contribution in [3.63, 3.8) is 0 Å². The van der Waals surface area contributed by atoms with Crippen LogP contribution in [0.3, 0.4) is 0 Å². The lowest BCUT2D eigenvalue weighted by Crippen LogP contribution is -2.39. The molecule has 0 bridgehead atoms. The molecule has 0 aromatic rings. The Labute approximate surface area is 92.8 Å². The van der Waals surface area contributed by atoms with Gasteiger partial charge in [0.05, 0.1) is 0 Å². The molecule has 0 aromatic heterocycles. The van der Waals surface area contributed by atoms with Gasteiger partial charge in [-0.25, -0.2) is 0 Å². The van der Waals surface area contributed by atoms with Crippen LogP contribution in [0.15, 0.2) is 0 Å². The van der Waals surface area contributed by atoms with Gasteiger partial charge in [-0.2, -0.15) is 0 Å². The Balaban J connectivity index is 2.34. The van der Waals surface area contributed by atoms with Gasteiger partial charge in [0.2, 0.25) is 5.91 Å². The van der Waals surface area contributed by atoms with Gasteiger partial charge < -0.3 is 11.1 Å². The molecule has 2 unspecified atom stereocenters. The zero-order chi connectivity index (χ0) is 11.5. The van der Waals surface area contributed by atoms with Crippen molar-refractivity contribution in [2.75, 3.05) is 13.1 Å². The summed E-state index contributed by atoms with van der Waals surface area (Å²) in [5, 5.41) is 3.03. The van der Waals surface area contributed by atoms with Crippen molar-refractivity contribution in [2.24, 2.45) is 23.0 Å². The van der Waals surface area contributed by atoms with Crippen LogP contribution in [0.2, 0.25) is 0 Å². The van der Waals surface area contributed by atoms with E-state index in [1.54, 1.807) is 0 Å². The number of nitrogens with two attached hydrogens (primary N) is 1. The summed E-state index contributed by atoms with van der Waals surface area (Å²) in [7, 11) is 0. The average molecular weight is 212 g/mol. The fourth-order valence-corrected chi connectivity index (χ4v) is 2.18. The number of nitrogens with one attached hydrogen (secondary N) is 1. The molecule has 2 atom stereocenters. The highest BCUT2D eigenvalue weighted by Gasteiger charge is 2.28. The SMILES string of the molecule is CC(C)(C)C(=O)NCC1CCCC1CN. The van der Waals surface area contributed by atoms with Gasteiger partial charge >= 0.3 is 0 Å². The third kappa shape index (κ3) is 3.49. The van der Waals surface area contributed by atoms with Gasteiger partial charge in [0.25, 0.3) is 0 Å². The summed E-state index contributed by atoms with van der Waals surface area (Å²) < 4.78 is 0. The molecule has 3 heteroatoms. The molecule has 3 N–H and O–H groups in total. The second kappa shape index (κ2) is 4.97. The monoisotopic (exact) mass is 212 g/mol. The van der Waals surface area contributed by atoms with E-state index in [-0.39, 0.29) is 11.3 Å². The van der Waals surface area contributed by atoms with Crippen LogP contribution >= 0.6 is 0 Å². The lowest BCUT2D eigenvalue weighted by molar-refractivity contribution is -0.128. The molecule has 0 heterocycles. The second-order valence-corrected chi connectivity index (χ2v) is 5.65. The highest BCUT2D eigenvalue weighted by Crippen LogP contribution is 2.30. The minimum Gasteiger partial charge on any atom is -0.355 e. The topological polar surface area (TPSA) is 55.1 Å². The summed E-state index contributed by atoms with van der Waals surface area (Å²) in [5.41, 5.74) is 5.42. The Kier molecular flexibility index (Phi) is 4.14. The van der Waals surface area contributed by atoms with Gasteiger partial charge in [0, 0.05) is 12.0 Å². The molecule has 0 radical (unpaired) electrons. The third-order valence-corrected chi connectivity index (χ3v) is 3.33. The number of hydrogen-bond acceptors (Lipinski definition) is 2. The van der Waals surface area contributed by atoms with Crippen LogP contribution in [0, 0.1) is 17.3 Å². The van der Waals surface area contributed by atoms with Crippen LogP contribution in [-0.4, -0.2) is 19.0 Å². The van der Waals surface area contributed by atoms with Crippen molar-refractivity contribution in [3.8, 4) is 0 Å². The molecule has 0 spiro atoms. The lowest BCUT2D eigenvalue weighted by Gasteiger charge is -2.22. The first-order valence-electron chi connectivity index (χ1n) is 5.93. The van der Waals surface area contributed by atoms with Crippen LogP contribution in [-0.2, 0) is 4.79 Å². The van der Waals surface area contributed by atoms with Gasteiger partial charge in [0.1, 0.15) is 0 Å². The molecule has 1 amide bonds. The first-order chi connectivity index (χ1) is 6.95. The summed E-state index contributed by atoms with van der Waals surface area (Å²) in [4.78, 5) is 11.7. The molecular formula is C12H24N2O. The largest absolute Gasteiger partial charge is 0.355 e. The van der Waals surface area contributed by atoms with Crippen molar-refractivity contribution >= 4 is 5.91 Å². The smallest absolute Gasteiger partial charge is 0.225 e. The highest BCUT2D eigenvalue weighted by atomic mass is 16.2. The van der Waals surface area contributed by atoms with Crippen molar-refractivity contribution in [1.82, 2.24) is 5.32 Å². The minimum atomic E-state index is -0.281. The summed E-state index contributed by atoms with van der Waals surface area (Å²) in [6, 6.07) is 0. The Morgan fingerprint density at radius 2 is 1.93 bits per heavy atom. The van der Waals surface area contributed by atoms with E-state index in [0.717, 1.165) is 13.1 Å². The zero-order valence-electron chi connectivity index (χ0n) is 10.2. The molecule has 1 rings (SSSR count). The maximum absolute atomic E-state index is 11.7. The molecular weight excluding hydrogens is 188 g/mol. The standard InChI is InChI=1S/C12H24N2O/c1-12(2,3)11(15)14-8-10-6-4-5-9(10)7-13/h9-10H,4-8,13H2,1-3H3,(H,14,15). The Hall–Kier alpha value is -0.570. The fourth-order valence-electron chi connectivity index (χ4n) is 2.18. The molecule has 1 aliphatic carbocycles. The van der Waals surface area contributed by atoms with Gasteiger partial charge in [-0.15, -0.1) is 0 Å². The lowest BCUT2D eigenvalue weighted by atomic mass is 9.93. The van der Waals surface area contributed by atoms with E-state index >= 15 is 0 Å². The van der Waals surface area contributed by atoms with E-state index in [1.807, 2.05) is 20.8 Å². The molecule has 0 aliphatic heterocycles. The summed E-state index contributed by atoms with van der Waals surface area (Å²) in [6.45, 7) is 7.39. The summed E-state index contributed by atoms with van der Waals surface area (Å²) >= 11 is 0. The first-order valence-corrected chi connectivity index (χ1v) is 5.93. The maximum atomic E-state index is 11.7. The van der Waals surface area contributed by atoms with E-state index < -0.39 is 0 Å². The van der Waals surface area contributed by atoms with Gasteiger partial charge in [-0.1, -0.05) is 27.2 Å². The molecule has 1 fully saturated rings. The minimum absolute atomic E-state index is 0.144. The van der Waals surface area contributed by atoms with Gasteiger partial charge in [0.15, 0.2) is 0 Å². The normalized spacial score (nSPS) is 26.7. The molecule has 0 saturated heterocycles. The van der Waals surface area contributed by atoms with E-state index in [9.17, 15) is 4.79 Å². The van der Waals surface area contributed by atoms with E-state index in [4.69, 9.17) is 5.73 Å². The van der Waals surface area contributed by atoms with E-state index in [0.29, 0.717) is 11.8 Å². The Morgan fingerprint density at radius 1 is 1.33 bits per heavy atom. The maximum Gasteiger partial charge on any atom is 0.225 e. The predicted molar refractivity (Wildman–Crippen MR) is 62.4 cm³/mol. The average Bonchev–Trinajstić information content (AvgIpc) is 2.59. The number of rotatable bonds is 3. The van der Waals surface area contributed by atoms with Crippen LogP contribution in [0.5, 0.6) is 0 Å². The van der Waals surface area contributed by atoms with Gasteiger partial charge in [-0.3, -0.25) is 4.79 Å². The van der Waals surface area contributed by atoms with Crippen LogP contribution in [0.4, 0.5) is 0 Å². The van der Waals surface area contributed by atoms with Crippen molar-refractivity contribution in [1.29, 1.82) is 0 Å². The van der Waals surface area contributed by atoms with Crippen LogP contribution in [0.1, 0.15) is 40.0 Å². The van der Waals surface area contributed by atoms with E-state index in [2.05, 4.69) is 5.32 Å². The first kappa shape index (κ1) is 12.5. The van der Waals surface area contributed by atoms with Crippen LogP contribution in [0.25, 0.3) is 0 Å².